The molecule has 0 unspecified atom stereocenters. The van der Waals surface area contributed by atoms with E-state index in [0.29, 0.717) is 0 Å². The molecule has 0 amide bonds. The number of aromatic nitrogens is 4. The number of ether oxygens (including phenoxy) is 2. The Morgan fingerprint density at radius 1 is 1.25 bits per heavy atom. The number of hydrogen-bond acceptors (Lipinski definition) is 7. The second kappa shape index (κ2) is 5.37. The fraction of sp³-hybridized carbons (Fsp3) is 0.167. The molecule has 0 radical (unpaired) electrons. The van der Waals surface area contributed by atoms with Crippen molar-refractivity contribution in [2.24, 2.45) is 0 Å². The predicted octanol–water partition coefficient (Wildman–Crippen LogP) is 2.13. The number of aromatic amines is 1. The molecule has 0 atom stereocenters. The summed E-state index contributed by atoms with van der Waals surface area (Å²) in [5.74, 6) is -1.26. The van der Waals surface area contributed by atoms with Gasteiger partial charge in [0, 0.05) is 6.20 Å². The van der Waals surface area contributed by atoms with E-state index in [0.717, 1.165) is 12.3 Å². The second-order valence-corrected chi connectivity index (χ2v) is 4.42. The molecule has 2 heterocycles. The molecule has 1 aromatic heterocycles. The van der Waals surface area contributed by atoms with E-state index >= 15 is 0 Å². The summed E-state index contributed by atoms with van der Waals surface area (Å²) in [4.78, 5) is 0. The van der Waals surface area contributed by atoms with Crippen LogP contribution in [0.5, 0.6) is 11.5 Å². The normalized spacial score (nSPS) is 17.9. The Balaban J connectivity index is 1.93. The maximum atomic E-state index is 13.3. The van der Waals surface area contributed by atoms with E-state index in [1.807, 2.05) is 0 Å². The number of H-pyrrole nitrogens is 1. The third-order valence-electron chi connectivity index (χ3n) is 2.86. The first-order chi connectivity index (χ1) is 11.3. The number of nitrogens with zero attached hydrogens (tertiary/aromatic N) is 4. The van der Waals surface area contributed by atoms with Gasteiger partial charge in [0.25, 0.3) is 0 Å². The molecular weight excluding hydrogens is 336 g/mol. The van der Waals surface area contributed by atoms with E-state index in [9.17, 15) is 17.6 Å². The number of fused-ring (bicyclic) bond motifs is 1. The molecule has 1 aromatic carbocycles. The molecule has 0 saturated heterocycles. The van der Waals surface area contributed by atoms with Crippen molar-refractivity contribution in [2.75, 3.05) is 5.32 Å². The van der Waals surface area contributed by atoms with Crippen LogP contribution in [0.3, 0.4) is 0 Å². The summed E-state index contributed by atoms with van der Waals surface area (Å²) in [6.45, 7) is 0. The lowest BCUT2D eigenvalue weighted by Gasteiger charge is -2.32. The molecule has 8 nitrogen and oxygen atoms in total. The van der Waals surface area contributed by atoms with Gasteiger partial charge in [-0.2, -0.15) is 28.0 Å². The largest absolute Gasteiger partial charge is 0.507 e. The maximum absolute atomic E-state index is 13.3. The van der Waals surface area contributed by atoms with Gasteiger partial charge in [-0.15, -0.1) is 10.2 Å². The number of rotatable bonds is 3. The van der Waals surface area contributed by atoms with Crippen LogP contribution in [-0.2, 0) is 0 Å². The fourth-order valence-corrected chi connectivity index (χ4v) is 1.77. The van der Waals surface area contributed by atoms with Crippen LogP contribution in [0.4, 0.5) is 23.2 Å². The summed E-state index contributed by atoms with van der Waals surface area (Å²) in [5.41, 5.74) is -0.214. The Labute approximate surface area is 130 Å². The van der Waals surface area contributed by atoms with Gasteiger partial charge in [-0.05, 0) is 17.3 Å². The number of halogens is 4. The lowest BCUT2D eigenvalue weighted by molar-refractivity contribution is -0.391. The first-order valence-electron chi connectivity index (χ1n) is 6.21. The van der Waals surface area contributed by atoms with Crippen LogP contribution >= 0.6 is 0 Å². The number of alkyl halides is 4. The summed E-state index contributed by atoms with van der Waals surface area (Å²) in [6.07, 6.45) is -8.58. The molecule has 1 aliphatic rings. The topological polar surface area (TPSA) is 109 Å². The zero-order valence-corrected chi connectivity index (χ0v) is 11.4. The Hall–Kier alpha value is -3.36. The number of para-hydroxylation sites is 1. The van der Waals surface area contributed by atoms with E-state index in [-0.39, 0.29) is 17.1 Å². The average Bonchev–Trinajstić information content (AvgIpc) is 3.03. The van der Waals surface area contributed by atoms with Crippen LogP contribution in [0.2, 0.25) is 0 Å². The van der Waals surface area contributed by atoms with Crippen molar-refractivity contribution in [3.05, 3.63) is 30.2 Å². The quantitative estimate of drug-likeness (QED) is 0.650. The van der Waals surface area contributed by atoms with Gasteiger partial charge >= 0.3 is 12.2 Å². The fourth-order valence-electron chi connectivity index (χ4n) is 1.77. The molecular formula is C12H6F4N6O2. The highest BCUT2D eigenvalue weighted by atomic mass is 19.3. The van der Waals surface area contributed by atoms with Crippen LogP contribution in [-0.4, -0.2) is 32.8 Å². The molecule has 0 aliphatic carbocycles. The van der Waals surface area contributed by atoms with Crippen LogP contribution in [0.25, 0.3) is 5.57 Å². The minimum absolute atomic E-state index is 0.0520. The Morgan fingerprint density at radius 3 is 2.67 bits per heavy atom. The summed E-state index contributed by atoms with van der Waals surface area (Å²) >= 11 is 0. The number of nitrogens with one attached hydrogen (secondary N) is 2. The van der Waals surface area contributed by atoms with E-state index in [1.54, 1.807) is 6.07 Å². The molecule has 124 valence electrons. The van der Waals surface area contributed by atoms with Crippen LogP contribution < -0.4 is 14.8 Å². The second-order valence-electron chi connectivity index (χ2n) is 4.42. The molecule has 12 heteroatoms. The van der Waals surface area contributed by atoms with E-state index in [1.165, 1.54) is 12.1 Å². The zero-order chi connectivity index (χ0) is 17.4. The predicted molar refractivity (Wildman–Crippen MR) is 69.0 cm³/mol. The van der Waals surface area contributed by atoms with Gasteiger partial charge in [0.1, 0.15) is 11.6 Å². The highest BCUT2D eigenvalue weighted by Crippen LogP contribution is 2.49. The van der Waals surface area contributed by atoms with Gasteiger partial charge in [0.05, 0.1) is 5.69 Å². The Kier molecular flexibility index (Phi) is 3.48. The van der Waals surface area contributed by atoms with Gasteiger partial charge in [0.2, 0.25) is 5.82 Å². The van der Waals surface area contributed by atoms with Crippen molar-refractivity contribution in [2.45, 2.75) is 12.2 Å². The van der Waals surface area contributed by atoms with Crippen molar-refractivity contribution in [3.8, 4) is 17.6 Å². The highest BCUT2D eigenvalue weighted by Gasteiger charge is 2.66. The number of hydrogen-bond donors (Lipinski definition) is 2. The third-order valence-corrected chi connectivity index (χ3v) is 2.86. The van der Waals surface area contributed by atoms with Gasteiger partial charge in [-0.1, -0.05) is 6.07 Å². The molecule has 0 bridgehead atoms. The number of nitriles is 1. The van der Waals surface area contributed by atoms with Crippen LogP contribution in [0.15, 0.2) is 24.4 Å². The number of anilines is 1. The van der Waals surface area contributed by atoms with E-state index in [4.69, 9.17) is 5.26 Å². The van der Waals surface area contributed by atoms with Crippen LogP contribution in [0.1, 0.15) is 5.82 Å². The maximum Gasteiger partial charge on any atom is 0.507 e. The summed E-state index contributed by atoms with van der Waals surface area (Å²) < 4.78 is 61.0. The highest BCUT2D eigenvalue weighted by molar-refractivity contribution is 5.75. The molecule has 0 saturated carbocycles. The smallest absolute Gasteiger partial charge is 0.421 e. The summed E-state index contributed by atoms with van der Waals surface area (Å²) in [7, 11) is 0. The molecule has 2 N–H and O–H groups in total. The minimum Gasteiger partial charge on any atom is -0.421 e. The zero-order valence-electron chi connectivity index (χ0n) is 11.4. The average molecular weight is 342 g/mol. The number of allylic oxidation sites excluding steroid dienone is 1. The standard InChI is InChI=1S/C12H6F4N6O2/c13-11(14)12(15,16)24-9-7(2-1-3-8(9)23-11)18-5-6(4-17)10-19-21-22-20-10/h1-3,5,18H,(H,19,20,21,22). The molecule has 1 aliphatic heterocycles. The lowest BCUT2D eigenvalue weighted by Crippen LogP contribution is -2.52. The number of tetrazole rings is 1. The SMILES string of the molecule is N#CC(=CNc1cccc2c1OC(F)(F)C(F)(F)O2)c1nn[nH]n1. The third kappa shape index (κ3) is 2.56. The van der Waals surface area contributed by atoms with Crippen LogP contribution in [0, 0.1) is 11.3 Å². The minimum atomic E-state index is -4.85. The van der Waals surface area contributed by atoms with Crippen molar-refractivity contribution < 1.29 is 27.0 Å². The monoisotopic (exact) mass is 342 g/mol. The van der Waals surface area contributed by atoms with Crippen molar-refractivity contribution >= 4 is 11.3 Å². The molecule has 0 fully saturated rings. The first-order valence-corrected chi connectivity index (χ1v) is 6.21. The Bertz CT molecular complexity index is 831. The summed E-state index contributed by atoms with van der Waals surface area (Å²) in [5, 5.41) is 24.1. The van der Waals surface area contributed by atoms with Crippen molar-refractivity contribution in [3.63, 3.8) is 0 Å². The van der Waals surface area contributed by atoms with Gasteiger partial charge in [-0.25, -0.2) is 0 Å². The van der Waals surface area contributed by atoms with Gasteiger partial charge in [0.15, 0.2) is 11.5 Å². The molecule has 24 heavy (non-hydrogen) atoms. The van der Waals surface area contributed by atoms with E-state index in [2.05, 4.69) is 35.4 Å². The lowest BCUT2D eigenvalue weighted by atomic mass is 10.2. The molecule has 0 spiro atoms. The van der Waals surface area contributed by atoms with Gasteiger partial charge < -0.3 is 14.8 Å². The molecule has 3 rings (SSSR count). The molecule has 2 aromatic rings. The Morgan fingerprint density at radius 2 is 2.00 bits per heavy atom. The van der Waals surface area contributed by atoms with Gasteiger partial charge in [-0.3, -0.25) is 0 Å². The summed E-state index contributed by atoms with van der Waals surface area (Å²) in [6, 6.07) is 5.34. The first kappa shape index (κ1) is 15.5. The number of benzene rings is 1. The van der Waals surface area contributed by atoms with E-state index < -0.39 is 23.7 Å². The van der Waals surface area contributed by atoms with Crippen molar-refractivity contribution in [1.29, 1.82) is 5.26 Å². The van der Waals surface area contributed by atoms with Crippen molar-refractivity contribution in [1.82, 2.24) is 20.6 Å².